The van der Waals surface area contributed by atoms with E-state index in [1.54, 1.807) is 48.5 Å². The molecule has 154 valence electrons. The Labute approximate surface area is 176 Å². The molecule has 1 aromatic heterocycles. The summed E-state index contributed by atoms with van der Waals surface area (Å²) in [6.07, 6.45) is 0. The Morgan fingerprint density at radius 2 is 1.47 bits per heavy atom. The fraction of sp³-hybridized carbons (Fsp3) is 0.143. The van der Waals surface area contributed by atoms with Crippen molar-refractivity contribution in [3.05, 3.63) is 91.1 Å². The molecule has 3 rings (SSSR count). The molecule has 0 bridgehead atoms. The second-order valence-corrected chi connectivity index (χ2v) is 6.97. The molecule has 0 radical (unpaired) electrons. The van der Waals surface area contributed by atoms with Gasteiger partial charge in [-0.05, 0) is 48.5 Å². The summed E-state index contributed by atoms with van der Waals surface area (Å²) in [5.41, 5.74) is 4.97. The lowest BCUT2D eigenvalue weighted by Crippen LogP contribution is -2.42. The molecule has 0 amide bonds. The van der Waals surface area contributed by atoms with E-state index in [2.05, 4.69) is 0 Å². The Kier molecular flexibility index (Phi) is 5.89. The van der Waals surface area contributed by atoms with Crippen LogP contribution in [0.25, 0.3) is 0 Å². The Bertz CT molecular complexity index is 1240. The maximum absolute atomic E-state index is 12.5. The number of Topliss-reactive ketones (excluding diaryl/α,β-unsaturated/α-hetero) is 1. The lowest BCUT2D eigenvalue weighted by molar-refractivity contribution is 0.0918. The van der Waals surface area contributed by atoms with Gasteiger partial charge in [0.1, 0.15) is 17.1 Å². The van der Waals surface area contributed by atoms with Crippen LogP contribution in [0.5, 0.6) is 5.75 Å². The van der Waals surface area contributed by atoms with Crippen molar-refractivity contribution in [2.24, 2.45) is 14.1 Å². The first-order valence-electron chi connectivity index (χ1n) is 8.82. The molecule has 0 aliphatic carbocycles. The van der Waals surface area contributed by atoms with E-state index in [-0.39, 0.29) is 17.2 Å². The third-order valence-electron chi connectivity index (χ3n) is 4.58. The van der Waals surface area contributed by atoms with Gasteiger partial charge in [-0.15, -0.1) is 0 Å². The summed E-state index contributed by atoms with van der Waals surface area (Å²) in [5.74, 6) is -0.738. The van der Waals surface area contributed by atoms with Gasteiger partial charge in [-0.25, -0.2) is 4.79 Å². The number of benzene rings is 2. The zero-order valence-electron chi connectivity index (χ0n) is 16.2. The number of nitrogens with zero attached hydrogens (tertiary/aromatic N) is 2. The summed E-state index contributed by atoms with van der Waals surface area (Å²) in [4.78, 5) is 49.0. The first kappa shape index (κ1) is 21.1. The standard InChI is InChI=1S/C21H18ClN3O5/c1-24-19(23)17(20(28)25(2)21(24)29)16(26)11-30-15-9-5-13(6-10-15)18(27)12-3-7-14(22)8-4-12/h3-10H,11,23H2,1-2H3. The number of nitrogen functional groups attached to an aromatic ring is 1. The third-order valence-corrected chi connectivity index (χ3v) is 4.83. The number of carbonyl (C=O) groups excluding carboxylic acids is 2. The van der Waals surface area contributed by atoms with Crippen LogP contribution in [0.3, 0.4) is 0 Å². The van der Waals surface area contributed by atoms with Crippen molar-refractivity contribution in [2.45, 2.75) is 0 Å². The lowest BCUT2D eigenvalue weighted by Gasteiger charge is -2.11. The number of hydrogen-bond donors (Lipinski definition) is 1. The minimum Gasteiger partial charge on any atom is -0.485 e. The zero-order chi connectivity index (χ0) is 22.0. The molecule has 30 heavy (non-hydrogen) atoms. The van der Waals surface area contributed by atoms with Gasteiger partial charge >= 0.3 is 5.69 Å². The van der Waals surface area contributed by atoms with Gasteiger partial charge in [-0.2, -0.15) is 0 Å². The van der Waals surface area contributed by atoms with Gasteiger partial charge < -0.3 is 10.5 Å². The number of hydrogen-bond acceptors (Lipinski definition) is 6. The molecule has 0 spiro atoms. The highest BCUT2D eigenvalue weighted by Crippen LogP contribution is 2.17. The molecule has 0 saturated carbocycles. The van der Waals surface area contributed by atoms with Crippen molar-refractivity contribution >= 4 is 29.0 Å². The van der Waals surface area contributed by atoms with E-state index in [1.165, 1.54) is 14.1 Å². The van der Waals surface area contributed by atoms with Crippen LogP contribution >= 0.6 is 11.6 Å². The van der Waals surface area contributed by atoms with Crippen LogP contribution in [0.2, 0.25) is 5.02 Å². The molecular formula is C21H18ClN3O5. The molecule has 9 heteroatoms. The molecule has 0 aliphatic heterocycles. The maximum atomic E-state index is 12.5. The predicted octanol–water partition coefficient (Wildman–Crippen LogP) is 1.81. The van der Waals surface area contributed by atoms with Crippen molar-refractivity contribution in [1.29, 1.82) is 0 Å². The van der Waals surface area contributed by atoms with E-state index in [1.807, 2.05) is 0 Å². The molecule has 1 heterocycles. The Morgan fingerprint density at radius 1 is 0.933 bits per heavy atom. The van der Waals surface area contributed by atoms with Crippen molar-refractivity contribution in [2.75, 3.05) is 12.3 Å². The molecule has 0 aliphatic rings. The van der Waals surface area contributed by atoms with Crippen molar-refractivity contribution in [3.8, 4) is 5.75 Å². The summed E-state index contributed by atoms with van der Waals surface area (Å²) in [7, 11) is 2.63. The monoisotopic (exact) mass is 427 g/mol. The first-order valence-corrected chi connectivity index (χ1v) is 9.20. The van der Waals surface area contributed by atoms with Gasteiger partial charge in [-0.3, -0.25) is 23.5 Å². The van der Waals surface area contributed by atoms with Crippen molar-refractivity contribution in [3.63, 3.8) is 0 Å². The summed E-state index contributed by atoms with van der Waals surface area (Å²) < 4.78 is 7.25. The van der Waals surface area contributed by atoms with Crippen LogP contribution in [-0.4, -0.2) is 27.3 Å². The molecule has 2 aromatic carbocycles. The van der Waals surface area contributed by atoms with Gasteiger partial charge in [0.25, 0.3) is 5.56 Å². The van der Waals surface area contributed by atoms with Gasteiger partial charge in [-0.1, -0.05) is 11.6 Å². The highest BCUT2D eigenvalue weighted by Gasteiger charge is 2.20. The molecule has 0 fully saturated rings. The molecule has 0 atom stereocenters. The number of anilines is 1. The Hall–Kier alpha value is -3.65. The second kappa shape index (κ2) is 8.38. The molecular weight excluding hydrogens is 410 g/mol. The van der Waals surface area contributed by atoms with Crippen LogP contribution in [0.15, 0.2) is 58.1 Å². The van der Waals surface area contributed by atoms with Crippen molar-refractivity contribution in [1.82, 2.24) is 9.13 Å². The number of halogens is 1. The summed E-state index contributed by atoms with van der Waals surface area (Å²) in [6.45, 7) is -0.456. The molecule has 3 aromatic rings. The van der Waals surface area contributed by atoms with Gasteiger partial charge in [0.15, 0.2) is 12.4 Å². The number of ether oxygens (including phenoxy) is 1. The molecule has 0 saturated heterocycles. The Morgan fingerprint density at radius 3 is 2.03 bits per heavy atom. The van der Waals surface area contributed by atoms with Gasteiger partial charge in [0, 0.05) is 30.2 Å². The molecule has 8 nitrogen and oxygen atoms in total. The van der Waals surface area contributed by atoms with Crippen LogP contribution < -0.4 is 21.7 Å². The number of nitrogens with two attached hydrogens (primary N) is 1. The van der Waals surface area contributed by atoms with E-state index >= 15 is 0 Å². The van der Waals surface area contributed by atoms with Crippen LogP contribution in [0.4, 0.5) is 5.82 Å². The molecule has 0 unspecified atom stereocenters. The van der Waals surface area contributed by atoms with Crippen LogP contribution in [0, 0.1) is 0 Å². The van der Waals surface area contributed by atoms with E-state index in [0.29, 0.717) is 21.9 Å². The first-order chi connectivity index (χ1) is 14.2. The normalized spacial score (nSPS) is 10.6. The fourth-order valence-electron chi connectivity index (χ4n) is 2.81. The van der Waals surface area contributed by atoms with Gasteiger partial charge in [0.05, 0.1) is 0 Å². The minimum atomic E-state index is -0.784. The number of ketones is 2. The quantitative estimate of drug-likeness (QED) is 0.600. The minimum absolute atomic E-state index is 0.184. The largest absolute Gasteiger partial charge is 0.485 e. The highest BCUT2D eigenvalue weighted by atomic mass is 35.5. The number of rotatable bonds is 6. The SMILES string of the molecule is Cn1c(N)c(C(=O)COc2ccc(C(=O)c3ccc(Cl)cc3)cc2)c(=O)n(C)c1=O. The smallest absolute Gasteiger partial charge is 0.332 e. The predicted molar refractivity (Wildman–Crippen MR) is 112 cm³/mol. The summed E-state index contributed by atoms with van der Waals surface area (Å²) >= 11 is 5.83. The van der Waals surface area contributed by atoms with Crippen LogP contribution in [0.1, 0.15) is 26.3 Å². The molecule has 2 N–H and O–H groups in total. The van der Waals surface area contributed by atoms with Crippen LogP contribution in [-0.2, 0) is 14.1 Å². The van der Waals surface area contributed by atoms with E-state index in [9.17, 15) is 19.2 Å². The van der Waals surface area contributed by atoms with E-state index in [4.69, 9.17) is 22.1 Å². The zero-order valence-corrected chi connectivity index (χ0v) is 17.0. The lowest BCUT2D eigenvalue weighted by atomic mass is 10.0. The highest BCUT2D eigenvalue weighted by molar-refractivity contribution is 6.30. The average molecular weight is 428 g/mol. The van der Waals surface area contributed by atoms with Crippen molar-refractivity contribution < 1.29 is 14.3 Å². The second-order valence-electron chi connectivity index (χ2n) is 6.54. The Balaban J connectivity index is 1.74. The summed E-state index contributed by atoms with van der Waals surface area (Å²) in [6, 6.07) is 12.7. The van der Waals surface area contributed by atoms with E-state index < -0.39 is 23.6 Å². The fourth-order valence-corrected chi connectivity index (χ4v) is 2.94. The third kappa shape index (κ3) is 4.04. The van der Waals surface area contributed by atoms with Gasteiger partial charge in [0.2, 0.25) is 5.78 Å². The number of carbonyl (C=O) groups is 2. The maximum Gasteiger partial charge on any atom is 0.332 e. The summed E-state index contributed by atoms with van der Waals surface area (Å²) in [5, 5.41) is 0.536. The van der Waals surface area contributed by atoms with E-state index in [0.717, 1.165) is 9.13 Å². The average Bonchev–Trinajstić information content (AvgIpc) is 2.75. The topological polar surface area (TPSA) is 113 Å². The number of aromatic nitrogens is 2.